The van der Waals surface area contributed by atoms with Crippen LogP contribution in [0, 0.1) is 6.92 Å². The number of amides is 1. The summed E-state index contributed by atoms with van der Waals surface area (Å²) in [6.45, 7) is 9.86. The largest absolute Gasteiger partial charge is 0.487 e. The van der Waals surface area contributed by atoms with Gasteiger partial charge in [0.25, 0.3) is 0 Å². The smallest absolute Gasteiger partial charge is 0.319 e. The summed E-state index contributed by atoms with van der Waals surface area (Å²) in [6.07, 6.45) is 6.19. The van der Waals surface area contributed by atoms with E-state index in [1.165, 1.54) is 6.08 Å². The number of fused-ring (bicyclic) bond motifs is 2. The van der Waals surface area contributed by atoms with E-state index in [1.807, 2.05) is 18.3 Å². The zero-order valence-corrected chi connectivity index (χ0v) is 24.7. The van der Waals surface area contributed by atoms with E-state index in [0.29, 0.717) is 48.5 Å². The van der Waals surface area contributed by atoms with Gasteiger partial charge in [-0.25, -0.2) is 0 Å². The van der Waals surface area contributed by atoms with Crippen LogP contribution in [-0.2, 0) is 4.79 Å². The first-order chi connectivity index (χ1) is 20.4. The van der Waals surface area contributed by atoms with E-state index in [1.54, 1.807) is 4.90 Å². The summed E-state index contributed by atoms with van der Waals surface area (Å²) in [5.74, 6) is 1.32. The summed E-state index contributed by atoms with van der Waals surface area (Å²) in [7, 11) is 2.09. The standard InChI is InChI=1S/C31H34ClN7O3/c1-4-25(40)38-11-13-39(14-12-38)30-21-15-23(32)27(26-18(2)5-8-24-22(26)16-33-36-24)29(41-19-6-7-19)28(21)34-31(35-30)42-20-9-10-37(3)17-20/h4-5,8,15-16,19-20H,1,6-7,9-14,17H2,2-3H3,(H,33,36). The number of halogens is 1. The average Bonchev–Trinajstić information content (AvgIpc) is 3.52. The Morgan fingerprint density at radius 1 is 1.05 bits per heavy atom. The number of hydrogen-bond acceptors (Lipinski definition) is 8. The highest BCUT2D eigenvalue weighted by Crippen LogP contribution is 2.48. The number of nitrogens with one attached hydrogen (secondary N) is 1. The van der Waals surface area contributed by atoms with Gasteiger partial charge in [0.2, 0.25) is 5.91 Å². The number of rotatable bonds is 7. The number of hydrogen-bond donors (Lipinski definition) is 1. The van der Waals surface area contributed by atoms with Gasteiger partial charge in [0.15, 0.2) is 5.75 Å². The Morgan fingerprint density at radius 3 is 2.57 bits per heavy atom. The molecular weight excluding hydrogens is 554 g/mol. The topological polar surface area (TPSA) is 99.7 Å². The van der Waals surface area contributed by atoms with Crippen LogP contribution >= 0.6 is 11.6 Å². The van der Waals surface area contributed by atoms with Crippen LogP contribution in [0.15, 0.2) is 37.1 Å². The van der Waals surface area contributed by atoms with Crippen LogP contribution in [0.1, 0.15) is 24.8 Å². The minimum Gasteiger partial charge on any atom is -0.487 e. The predicted octanol–water partition coefficient (Wildman–Crippen LogP) is 4.59. The van der Waals surface area contributed by atoms with Gasteiger partial charge in [0, 0.05) is 61.2 Å². The number of nitrogens with zero attached hydrogens (tertiary/aromatic N) is 6. The lowest BCUT2D eigenvalue weighted by Gasteiger charge is -2.35. The number of carbonyl (C=O) groups is 1. The summed E-state index contributed by atoms with van der Waals surface area (Å²) in [4.78, 5) is 28.5. The van der Waals surface area contributed by atoms with Gasteiger partial charge in [-0.05, 0) is 57.0 Å². The van der Waals surface area contributed by atoms with Crippen molar-refractivity contribution in [3.05, 3.63) is 47.6 Å². The molecule has 10 nitrogen and oxygen atoms in total. The van der Waals surface area contributed by atoms with Crippen molar-refractivity contribution in [2.75, 3.05) is 51.2 Å². The molecule has 1 aliphatic carbocycles. The maximum absolute atomic E-state index is 12.3. The van der Waals surface area contributed by atoms with Crippen molar-refractivity contribution >= 4 is 45.1 Å². The summed E-state index contributed by atoms with van der Waals surface area (Å²) in [6, 6.07) is 6.37. The molecule has 2 aliphatic heterocycles. The molecule has 0 spiro atoms. The van der Waals surface area contributed by atoms with Gasteiger partial charge in [-0.1, -0.05) is 24.2 Å². The normalized spacial score (nSPS) is 19.5. The second-order valence-electron chi connectivity index (χ2n) is 11.5. The Labute approximate surface area is 249 Å². The molecule has 4 aromatic rings. The molecule has 1 unspecified atom stereocenters. The summed E-state index contributed by atoms with van der Waals surface area (Å²) in [5, 5.41) is 9.72. The molecule has 1 amide bonds. The number of aryl methyl sites for hydroxylation is 1. The van der Waals surface area contributed by atoms with Crippen molar-refractivity contribution < 1.29 is 14.3 Å². The Morgan fingerprint density at radius 2 is 1.86 bits per heavy atom. The second-order valence-corrected chi connectivity index (χ2v) is 11.9. The fourth-order valence-corrected chi connectivity index (χ4v) is 6.32. The zero-order chi connectivity index (χ0) is 29.0. The molecule has 1 saturated carbocycles. The first-order valence-corrected chi connectivity index (χ1v) is 14.9. The molecule has 1 atom stereocenters. The van der Waals surface area contributed by atoms with Gasteiger partial charge in [-0.15, -0.1) is 0 Å². The molecule has 0 radical (unpaired) electrons. The molecule has 11 heteroatoms. The lowest BCUT2D eigenvalue weighted by molar-refractivity contribution is -0.126. The number of likely N-dealkylation sites (N-methyl/N-ethyl adjacent to an activating group) is 1. The van der Waals surface area contributed by atoms with Crippen LogP contribution < -0.4 is 14.4 Å². The van der Waals surface area contributed by atoms with E-state index in [2.05, 4.69) is 46.6 Å². The van der Waals surface area contributed by atoms with E-state index in [0.717, 1.165) is 71.1 Å². The van der Waals surface area contributed by atoms with Crippen molar-refractivity contribution in [1.82, 2.24) is 30.0 Å². The fourth-order valence-electron chi connectivity index (χ4n) is 6.03. The van der Waals surface area contributed by atoms with E-state index >= 15 is 0 Å². The molecule has 1 N–H and O–H groups in total. The van der Waals surface area contributed by atoms with Crippen LogP contribution in [0.25, 0.3) is 32.9 Å². The van der Waals surface area contributed by atoms with Gasteiger partial charge < -0.3 is 24.2 Å². The predicted molar refractivity (Wildman–Crippen MR) is 164 cm³/mol. The Kier molecular flexibility index (Phi) is 6.90. The molecule has 4 heterocycles. The Bertz CT molecular complexity index is 1690. The van der Waals surface area contributed by atoms with Gasteiger partial charge >= 0.3 is 6.01 Å². The highest BCUT2D eigenvalue weighted by molar-refractivity contribution is 6.35. The van der Waals surface area contributed by atoms with Crippen molar-refractivity contribution in [3.63, 3.8) is 0 Å². The van der Waals surface area contributed by atoms with Gasteiger partial charge in [0.1, 0.15) is 17.4 Å². The van der Waals surface area contributed by atoms with E-state index < -0.39 is 0 Å². The molecule has 2 aromatic heterocycles. The van der Waals surface area contributed by atoms with Gasteiger partial charge in [-0.2, -0.15) is 15.1 Å². The first kappa shape index (κ1) is 27.0. The monoisotopic (exact) mass is 587 g/mol. The van der Waals surface area contributed by atoms with E-state index in [-0.39, 0.29) is 18.1 Å². The van der Waals surface area contributed by atoms with E-state index in [9.17, 15) is 4.79 Å². The van der Waals surface area contributed by atoms with Crippen LogP contribution in [0.2, 0.25) is 5.02 Å². The third kappa shape index (κ3) is 4.92. The number of likely N-dealkylation sites (tertiary alicyclic amines) is 1. The van der Waals surface area contributed by atoms with Crippen LogP contribution in [0.5, 0.6) is 11.8 Å². The van der Waals surface area contributed by atoms with Crippen molar-refractivity contribution in [1.29, 1.82) is 0 Å². The third-order valence-electron chi connectivity index (χ3n) is 8.43. The number of H-pyrrole nitrogens is 1. The first-order valence-electron chi connectivity index (χ1n) is 14.5. The quantitative estimate of drug-likeness (QED) is 0.313. The molecule has 7 rings (SSSR count). The molecule has 2 aromatic carbocycles. The number of anilines is 1. The summed E-state index contributed by atoms with van der Waals surface area (Å²) < 4.78 is 13.1. The highest BCUT2D eigenvalue weighted by Gasteiger charge is 2.32. The number of aromatic nitrogens is 4. The summed E-state index contributed by atoms with van der Waals surface area (Å²) >= 11 is 7.19. The average molecular weight is 588 g/mol. The maximum atomic E-state index is 12.3. The second kappa shape index (κ2) is 10.7. The molecule has 2 saturated heterocycles. The maximum Gasteiger partial charge on any atom is 0.319 e. The lowest BCUT2D eigenvalue weighted by Crippen LogP contribution is -2.48. The van der Waals surface area contributed by atoms with Gasteiger partial charge in [-0.3, -0.25) is 9.89 Å². The highest BCUT2D eigenvalue weighted by atomic mass is 35.5. The van der Waals surface area contributed by atoms with Crippen molar-refractivity contribution in [2.45, 2.75) is 38.4 Å². The zero-order valence-electron chi connectivity index (χ0n) is 23.9. The Balaban J connectivity index is 1.41. The molecule has 3 fully saturated rings. The number of benzene rings is 2. The fraction of sp³-hybridized carbons (Fsp3) is 0.419. The molecule has 42 heavy (non-hydrogen) atoms. The molecule has 218 valence electrons. The molecular formula is C31H34ClN7O3. The number of piperazine rings is 1. The van der Waals surface area contributed by atoms with Gasteiger partial charge in [0.05, 0.1) is 22.8 Å². The molecule has 0 bridgehead atoms. The minimum absolute atomic E-state index is 0.00357. The van der Waals surface area contributed by atoms with Crippen LogP contribution in [0.3, 0.4) is 0 Å². The van der Waals surface area contributed by atoms with E-state index in [4.69, 9.17) is 31.0 Å². The SMILES string of the molecule is C=CC(=O)N1CCN(c2nc(OC3CCN(C)C3)nc3c(OC4CC4)c(-c4c(C)ccc5[nH]ncc45)c(Cl)cc23)CC1. The van der Waals surface area contributed by atoms with Crippen molar-refractivity contribution in [3.8, 4) is 22.9 Å². The molecule has 3 aliphatic rings. The Hall–Kier alpha value is -3.89. The lowest BCUT2D eigenvalue weighted by atomic mass is 9.94. The van der Waals surface area contributed by atoms with Crippen molar-refractivity contribution in [2.24, 2.45) is 0 Å². The number of carbonyl (C=O) groups excluding carboxylic acids is 1. The third-order valence-corrected chi connectivity index (χ3v) is 8.73. The number of ether oxygens (including phenoxy) is 2. The van der Waals surface area contributed by atoms with Crippen LogP contribution in [-0.4, -0.2) is 94.4 Å². The van der Waals surface area contributed by atoms with Crippen LogP contribution in [0.4, 0.5) is 5.82 Å². The minimum atomic E-state index is -0.0619. The number of aromatic amines is 1. The summed E-state index contributed by atoms with van der Waals surface area (Å²) in [5.41, 5.74) is 4.44.